The Morgan fingerprint density at radius 1 is 1.26 bits per heavy atom. The minimum atomic E-state index is -0.860. The lowest BCUT2D eigenvalue weighted by molar-refractivity contribution is -0.138. The van der Waals surface area contributed by atoms with Crippen LogP contribution >= 0.6 is 0 Å². The van der Waals surface area contributed by atoms with Gasteiger partial charge in [0.05, 0.1) is 6.42 Å². The highest BCUT2D eigenvalue weighted by atomic mass is 16.4. The molecule has 1 fully saturated rings. The molecule has 0 radical (unpaired) electrons. The topological polar surface area (TPSA) is 60.9 Å². The van der Waals surface area contributed by atoms with E-state index in [2.05, 4.69) is 0 Å². The number of carboxylic acids is 1. The van der Waals surface area contributed by atoms with E-state index < -0.39 is 5.97 Å². The first-order valence-electron chi connectivity index (χ1n) is 7.26. The second kappa shape index (κ2) is 7.36. The highest BCUT2D eigenvalue weighted by Crippen LogP contribution is 2.27. The van der Waals surface area contributed by atoms with Crippen LogP contribution in [0.15, 0.2) is 0 Å². The van der Waals surface area contributed by atoms with Crippen LogP contribution in [-0.2, 0) is 4.79 Å². The Kier molecular flexibility index (Phi) is 6.12. The average molecular weight is 270 g/mol. The van der Waals surface area contributed by atoms with Crippen molar-refractivity contribution in [1.29, 1.82) is 0 Å². The quantitative estimate of drug-likeness (QED) is 0.772. The van der Waals surface area contributed by atoms with Gasteiger partial charge in [-0.05, 0) is 39.5 Å². The zero-order valence-electron chi connectivity index (χ0n) is 12.3. The van der Waals surface area contributed by atoms with Gasteiger partial charge in [0.1, 0.15) is 0 Å². The Balaban J connectivity index is 2.60. The molecule has 1 atom stereocenters. The molecule has 1 rings (SSSR count). The van der Waals surface area contributed by atoms with Crippen molar-refractivity contribution in [3.8, 4) is 0 Å². The number of amides is 2. The van der Waals surface area contributed by atoms with Crippen LogP contribution in [0.5, 0.6) is 0 Å². The van der Waals surface area contributed by atoms with Gasteiger partial charge in [0, 0.05) is 25.7 Å². The predicted molar refractivity (Wildman–Crippen MR) is 74.1 cm³/mol. The molecule has 2 amide bonds. The van der Waals surface area contributed by atoms with Crippen molar-refractivity contribution in [3.63, 3.8) is 0 Å². The number of aliphatic carboxylic acids is 1. The third kappa shape index (κ3) is 4.40. The van der Waals surface area contributed by atoms with E-state index in [0.29, 0.717) is 19.0 Å². The maximum Gasteiger partial charge on any atom is 0.320 e. The molecule has 1 aliphatic rings. The van der Waals surface area contributed by atoms with Crippen LogP contribution in [0, 0.1) is 5.92 Å². The summed E-state index contributed by atoms with van der Waals surface area (Å²) >= 11 is 0. The molecule has 0 aliphatic heterocycles. The van der Waals surface area contributed by atoms with Crippen LogP contribution in [0.1, 0.15) is 46.5 Å². The van der Waals surface area contributed by atoms with E-state index >= 15 is 0 Å². The van der Waals surface area contributed by atoms with Gasteiger partial charge >= 0.3 is 12.0 Å². The average Bonchev–Trinajstić information content (AvgIpc) is 2.27. The molecule has 19 heavy (non-hydrogen) atoms. The fourth-order valence-electron chi connectivity index (χ4n) is 2.51. The van der Waals surface area contributed by atoms with E-state index in [4.69, 9.17) is 5.11 Å². The molecule has 0 spiro atoms. The maximum absolute atomic E-state index is 12.5. The number of carbonyl (C=O) groups excluding carboxylic acids is 1. The van der Waals surface area contributed by atoms with E-state index in [-0.39, 0.29) is 18.5 Å². The van der Waals surface area contributed by atoms with Gasteiger partial charge in [-0.2, -0.15) is 0 Å². The van der Waals surface area contributed by atoms with Crippen molar-refractivity contribution in [1.82, 2.24) is 9.80 Å². The second-order valence-corrected chi connectivity index (χ2v) is 5.35. The smallest absolute Gasteiger partial charge is 0.320 e. The fraction of sp³-hybridized carbons (Fsp3) is 0.857. The molecule has 1 aliphatic carbocycles. The predicted octanol–water partition coefficient (Wildman–Crippen LogP) is 2.41. The zero-order chi connectivity index (χ0) is 14.4. The molecule has 0 bridgehead atoms. The minimum Gasteiger partial charge on any atom is -0.481 e. The van der Waals surface area contributed by atoms with E-state index in [1.54, 1.807) is 11.8 Å². The van der Waals surface area contributed by atoms with Crippen LogP contribution in [0.25, 0.3) is 0 Å². The van der Waals surface area contributed by atoms with Crippen LogP contribution in [-0.4, -0.2) is 52.6 Å². The van der Waals surface area contributed by atoms with Gasteiger partial charge in [0.15, 0.2) is 0 Å². The summed E-state index contributed by atoms with van der Waals surface area (Å²) in [5.74, 6) is -0.224. The van der Waals surface area contributed by atoms with E-state index in [9.17, 15) is 9.59 Å². The van der Waals surface area contributed by atoms with Crippen molar-refractivity contribution in [2.45, 2.75) is 52.5 Å². The van der Waals surface area contributed by atoms with E-state index in [0.717, 1.165) is 6.54 Å². The molecule has 0 aromatic rings. The third-order valence-corrected chi connectivity index (χ3v) is 3.94. The van der Waals surface area contributed by atoms with Gasteiger partial charge in [-0.15, -0.1) is 0 Å². The largest absolute Gasteiger partial charge is 0.481 e. The molecule has 0 aromatic heterocycles. The van der Waals surface area contributed by atoms with Gasteiger partial charge in [-0.3, -0.25) is 4.79 Å². The van der Waals surface area contributed by atoms with Crippen molar-refractivity contribution in [2.24, 2.45) is 5.92 Å². The number of hydrogen-bond acceptors (Lipinski definition) is 2. The molecule has 1 saturated carbocycles. The third-order valence-electron chi connectivity index (χ3n) is 3.94. The number of carboxylic acid groups (broad SMARTS) is 1. The summed E-state index contributed by atoms with van der Waals surface area (Å²) in [5.41, 5.74) is 0. The number of urea groups is 1. The lowest BCUT2D eigenvalue weighted by Gasteiger charge is -2.36. The Hall–Kier alpha value is -1.26. The van der Waals surface area contributed by atoms with Gasteiger partial charge in [-0.25, -0.2) is 4.79 Å². The minimum absolute atomic E-state index is 0.000558. The van der Waals surface area contributed by atoms with Gasteiger partial charge in [0.2, 0.25) is 0 Å². The van der Waals surface area contributed by atoms with Gasteiger partial charge < -0.3 is 14.9 Å². The van der Waals surface area contributed by atoms with Crippen LogP contribution in [0.4, 0.5) is 4.79 Å². The monoisotopic (exact) mass is 270 g/mol. The molecular weight excluding hydrogens is 244 g/mol. The maximum atomic E-state index is 12.5. The highest BCUT2D eigenvalue weighted by molar-refractivity contribution is 5.76. The van der Waals surface area contributed by atoms with Crippen LogP contribution in [0.2, 0.25) is 0 Å². The molecule has 5 heteroatoms. The second-order valence-electron chi connectivity index (χ2n) is 5.35. The summed E-state index contributed by atoms with van der Waals surface area (Å²) in [7, 11) is 0. The van der Waals surface area contributed by atoms with E-state index in [1.165, 1.54) is 19.3 Å². The van der Waals surface area contributed by atoms with Crippen LogP contribution in [0.3, 0.4) is 0 Å². The molecule has 110 valence electrons. The summed E-state index contributed by atoms with van der Waals surface area (Å²) in [6, 6.07) is -0.281. The first-order chi connectivity index (χ1) is 8.99. The Morgan fingerprint density at radius 3 is 2.26 bits per heavy atom. The number of nitrogens with zero attached hydrogens (tertiary/aromatic N) is 2. The SMILES string of the molecule is CCN(CC1CCC1)C(=O)N(CC)C(C)CC(=O)O. The zero-order valence-corrected chi connectivity index (χ0v) is 12.3. The molecular formula is C14H26N2O3. The summed E-state index contributed by atoms with van der Waals surface area (Å²) in [6.45, 7) is 7.72. The Morgan fingerprint density at radius 2 is 1.89 bits per heavy atom. The summed E-state index contributed by atoms with van der Waals surface area (Å²) < 4.78 is 0. The summed E-state index contributed by atoms with van der Waals surface area (Å²) in [6.07, 6.45) is 3.69. The summed E-state index contributed by atoms with van der Waals surface area (Å²) in [4.78, 5) is 26.8. The van der Waals surface area contributed by atoms with Crippen molar-refractivity contribution in [3.05, 3.63) is 0 Å². The van der Waals surface area contributed by atoms with E-state index in [1.807, 2.05) is 18.7 Å². The molecule has 0 heterocycles. The molecule has 1 N–H and O–H groups in total. The first-order valence-corrected chi connectivity index (χ1v) is 7.26. The lowest BCUT2D eigenvalue weighted by atomic mass is 9.85. The number of carbonyl (C=O) groups is 2. The molecule has 1 unspecified atom stereocenters. The Bertz CT molecular complexity index is 316. The number of rotatable bonds is 7. The lowest BCUT2D eigenvalue weighted by Crippen LogP contribution is -2.49. The standard InChI is InChI=1S/C14H26N2O3/c1-4-15(10-12-7-6-8-12)14(19)16(5-2)11(3)9-13(17)18/h11-12H,4-10H2,1-3H3,(H,17,18). The van der Waals surface area contributed by atoms with Crippen molar-refractivity contribution < 1.29 is 14.7 Å². The highest BCUT2D eigenvalue weighted by Gasteiger charge is 2.28. The van der Waals surface area contributed by atoms with Crippen molar-refractivity contribution in [2.75, 3.05) is 19.6 Å². The normalized spacial score (nSPS) is 16.6. The first kappa shape index (κ1) is 15.8. The van der Waals surface area contributed by atoms with Gasteiger partial charge in [-0.1, -0.05) is 6.42 Å². The Labute approximate surface area is 115 Å². The summed E-state index contributed by atoms with van der Waals surface area (Å²) in [5, 5.41) is 8.85. The van der Waals surface area contributed by atoms with Crippen molar-refractivity contribution >= 4 is 12.0 Å². The number of hydrogen-bond donors (Lipinski definition) is 1. The molecule has 5 nitrogen and oxygen atoms in total. The molecule has 0 aromatic carbocycles. The van der Waals surface area contributed by atoms with Gasteiger partial charge in [0.25, 0.3) is 0 Å². The molecule has 0 saturated heterocycles. The van der Waals surface area contributed by atoms with Crippen LogP contribution < -0.4 is 0 Å². The fourth-order valence-corrected chi connectivity index (χ4v) is 2.51.